The molecule has 2 rings (SSSR count). The smallest absolute Gasteiger partial charge is 0.245 e. The zero-order chi connectivity index (χ0) is 18.4. The largest absolute Gasteiger partial charge is 0.497 e. The van der Waals surface area contributed by atoms with Gasteiger partial charge in [-0.2, -0.15) is 0 Å². The molecule has 2 aromatic carbocycles. The van der Waals surface area contributed by atoms with E-state index in [1.54, 1.807) is 36.4 Å². The van der Waals surface area contributed by atoms with Crippen molar-refractivity contribution < 1.29 is 17.9 Å². The zero-order valence-corrected chi connectivity index (χ0v) is 15.5. The third-order valence-electron chi connectivity index (χ3n) is 4.04. The Hall–Kier alpha value is -2.34. The highest BCUT2D eigenvalue weighted by atomic mass is 32.2. The number of para-hydroxylation sites is 1. The SMILES string of the molecule is CCN(C(=O)[C@H](C)S(=O)(=O)Cc1cccc(OC)c1)c1ccccc1. The minimum absolute atomic E-state index is 0.205. The average Bonchev–Trinajstić information content (AvgIpc) is 2.62. The number of sulfone groups is 1. The highest BCUT2D eigenvalue weighted by molar-refractivity contribution is 7.92. The molecule has 0 saturated heterocycles. The van der Waals surface area contributed by atoms with E-state index < -0.39 is 21.0 Å². The Kier molecular flexibility index (Phi) is 6.20. The van der Waals surface area contributed by atoms with Gasteiger partial charge in [0.05, 0.1) is 12.9 Å². The number of rotatable bonds is 7. The van der Waals surface area contributed by atoms with Crippen molar-refractivity contribution in [2.45, 2.75) is 24.9 Å². The first-order chi connectivity index (χ1) is 11.9. The second-order valence-electron chi connectivity index (χ2n) is 5.72. The van der Waals surface area contributed by atoms with Crippen molar-refractivity contribution in [1.29, 1.82) is 0 Å². The Morgan fingerprint density at radius 3 is 2.40 bits per heavy atom. The molecule has 0 heterocycles. The summed E-state index contributed by atoms with van der Waals surface area (Å²) < 4.78 is 30.5. The molecule has 0 aromatic heterocycles. The first kappa shape index (κ1) is 19.0. The van der Waals surface area contributed by atoms with E-state index in [0.717, 1.165) is 0 Å². The van der Waals surface area contributed by atoms with Gasteiger partial charge in [0.2, 0.25) is 5.91 Å². The maximum Gasteiger partial charge on any atom is 0.245 e. The maximum absolute atomic E-state index is 12.8. The summed E-state index contributed by atoms with van der Waals surface area (Å²) in [6.07, 6.45) is 0. The predicted molar refractivity (Wildman–Crippen MR) is 99.5 cm³/mol. The molecule has 0 saturated carbocycles. The second-order valence-corrected chi connectivity index (χ2v) is 8.04. The minimum Gasteiger partial charge on any atom is -0.497 e. The van der Waals surface area contributed by atoms with E-state index in [9.17, 15) is 13.2 Å². The second kappa shape index (κ2) is 8.16. The van der Waals surface area contributed by atoms with E-state index in [-0.39, 0.29) is 5.75 Å². The van der Waals surface area contributed by atoms with Gasteiger partial charge in [0.25, 0.3) is 0 Å². The fourth-order valence-electron chi connectivity index (χ4n) is 2.57. The van der Waals surface area contributed by atoms with Crippen molar-refractivity contribution in [2.24, 2.45) is 0 Å². The van der Waals surface area contributed by atoms with Crippen LogP contribution in [0.4, 0.5) is 5.69 Å². The number of methoxy groups -OCH3 is 1. The minimum atomic E-state index is -3.65. The van der Waals surface area contributed by atoms with Crippen LogP contribution in [0.3, 0.4) is 0 Å². The molecule has 0 fully saturated rings. The van der Waals surface area contributed by atoms with E-state index >= 15 is 0 Å². The first-order valence-electron chi connectivity index (χ1n) is 8.10. The van der Waals surface area contributed by atoms with Crippen molar-refractivity contribution in [1.82, 2.24) is 0 Å². The topological polar surface area (TPSA) is 63.7 Å². The van der Waals surface area contributed by atoms with Gasteiger partial charge >= 0.3 is 0 Å². The van der Waals surface area contributed by atoms with Gasteiger partial charge in [0.15, 0.2) is 9.84 Å². The van der Waals surface area contributed by atoms with E-state index in [0.29, 0.717) is 23.5 Å². The lowest BCUT2D eigenvalue weighted by Gasteiger charge is -2.24. The predicted octanol–water partition coefficient (Wildman–Crippen LogP) is 3.05. The number of ether oxygens (including phenoxy) is 1. The summed E-state index contributed by atoms with van der Waals surface area (Å²) in [5.41, 5.74) is 1.29. The van der Waals surface area contributed by atoms with Gasteiger partial charge in [0.1, 0.15) is 11.0 Å². The van der Waals surface area contributed by atoms with E-state index in [2.05, 4.69) is 0 Å². The van der Waals surface area contributed by atoms with Crippen LogP contribution in [-0.2, 0) is 20.4 Å². The third-order valence-corrected chi connectivity index (χ3v) is 6.05. The Morgan fingerprint density at radius 2 is 1.80 bits per heavy atom. The van der Waals surface area contributed by atoms with E-state index in [1.807, 2.05) is 25.1 Å². The molecular weight excluding hydrogens is 338 g/mol. The Morgan fingerprint density at radius 1 is 1.12 bits per heavy atom. The molecule has 1 amide bonds. The Balaban J connectivity index is 2.21. The van der Waals surface area contributed by atoms with Gasteiger partial charge in [-0.05, 0) is 43.7 Å². The van der Waals surface area contributed by atoms with Crippen LogP contribution in [0.25, 0.3) is 0 Å². The van der Waals surface area contributed by atoms with Crippen LogP contribution in [-0.4, -0.2) is 33.2 Å². The van der Waals surface area contributed by atoms with Crippen LogP contribution in [0, 0.1) is 0 Å². The molecule has 134 valence electrons. The van der Waals surface area contributed by atoms with Gasteiger partial charge in [-0.3, -0.25) is 4.79 Å². The number of amides is 1. The highest BCUT2D eigenvalue weighted by Crippen LogP contribution is 2.20. The summed E-state index contributed by atoms with van der Waals surface area (Å²) in [6.45, 7) is 3.68. The first-order valence-corrected chi connectivity index (χ1v) is 9.81. The molecule has 0 radical (unpaired) electrons. The molecule has 0 unspecified atom stereocenters. The molecule has 6 heteroatoms. The third kappa shape index (κ3) is 4.60. The van der Waals surface area contributed by atoms with Crippen molar-refractivity contribution in [3.05, 3.63) is 60.2 Å². The lowest BCUT2D eigenvalue weighted by Crippen LogP contribution is -2.42. The number of hydrogen-bond donors (Lipinski definition) is 0. The van der Waals surface area contributed by atoms with Crippen LogP contribution < -0.4 is 9.64 Å². The molecular formula is C19H23NO4S. The van der Waals surface area contributed by atoms with Gasteiger partial charge in [-0.1, -0.05) is 30.3 Å². The summed E-state index contributed by atoms with van der Waals surface area (Å²) in [6, 6.07) is 15.9. The van der Waals surface area contributed by atoms with Gasteiger partial charge < -0.3 is 9.64 Å². The van der Waals surface area contributed by atoms with Gasteiger partial charge in [-0.25, -0.2) is 8.42 Å². The van der Waals surface area contributed by atoms with Crippen molar-refractivity contribution in [3.8, 4) is 5.75 Å². The summed E-state index contributed by atoms with van der Waals surface area (Å²) >= 11 is 0. The Bertz CT molecular complexity index is 818. The molecule has 0 bridgehead atoms. The monoisotopic (exact) mass is 361 g/mol. The number of nitrogens with zero attached hydrogens (tertiary/aromatic N) is 1. The Labute approximate surface area is 149 Å². The number of hydrogen-bond acceptors (Lipinski definition) is 4. The van der Waals surface area contributed by atoms with Crippen molar-refractivity contribution in [2.75, 3.05) is 18.6 Å². The van der Waals surface area contributed by atoms with Gasteiger partial charge in [-0.15, -0.1) is 0 Å². The van der Waals surface area contributed by atoms with Crippen LogP contribution >= 0.6 is 0 Å². The van der Waals surface area contributed by atoms with Crippen LogP contribution in [0.1, 0.15) is 19.4 Å². The number of benzene rings is 2. The number of carbonyl (C=O) groups is 1. The molecule has 5 nitrogen and oxygen atoms in total. The van der Waals surface area contributed by atoms with E-state index in [1.165, 1.54) is 18.9 Å². The molecule has 0 N–H and O–H groups in total. The summed E-state index contributed by atoms with van der Waals surface area (Å²) in [4.78, 5) is 14.3. The average molecular weight is 361 g/mol. The molecule has 0 aliphatic heterocycles. The lowest BCUT2D eigenvalue weighted by molar-refractivity contribution is -0.117. The summed E-state index contributed by atoms with van der Waals surface area (Å²) in [7, 11) is -2.12. The van der Waals surface area contributed by atoms with Crippen LogP contribution in [0.15, 0.2) is 54.6 Å². The fraction of sp³-hybridized carbons (Fsp3) is 0.316. The number of carbonyl (C=O) groups excluding carboxylic acids is 1. The van der Waals surface area contributed by atoms with Crippen molar-refractivity contribution in [3.63, 3.8) is 0 Å². The van der Waals surface area contributed by atoms with Gasteiger partial charge in [0, 0.05) is 12.2 Å². The summed E-state index contributed by atoms with van der Waals surface area (Å²) in [5.74, 6) is -0.0357. The molecule has 25 heavy (non-hydrogen) atoms. The number of anilines is 1. The van der Waals surface area contributed by atoms with Crippen LogP contribution in [0.2, 0.25) is 0 Å². The molecule has 0 aliphatic rings. The molecule has 2 aromatic rings. The standard InChI is InChI=1S/C19H23NO4S/c1-4-20(17-10-6-5-7-11-17)19(21)15(2)25(22,23)14-16-9-8-12-18(13-16)24-3/h5-13,15H,4,14H2,1-3H3/t15-/m0/s1. The van der Waals surface area contributed by atoms with Crippen molar-refractivity contribution >= 4 is 21.4 Å². The fourth-order valence-corrected chi connectivity index (χ4v) is 3.89. The highest BCUT2D eigenvalue weighted by Gasteiger charge is 2.31. The summed E-state index contributed by atoms with van der Waals surface area (Å²) in [5, 5.41) is -1.13. The quantitative estimate of drug-likeness (QED) is 0.760. The van der Waals surface area contributed by atoms with E-state index in [4.69, 9.17) is 4.74 Å². The van der Waals surface area contributed by atoms with Crippen LogP contribution in [0.5, 0.6) is 5.75 Å². The molecule has 1 atom stereocenters. The molecule has 0 aliphatic carbocycles. The maximum atomic E-state index is 12.8. The normalized spacial score (nSPS) is 12.4. The molecule has 0 spiro atoms. The lowest BCUT2D eigenvalue weighted by atomic mass is 10.2. The zero-order valence-electron chi connectivity index (χ0n) is 14.7.